The molecular weight excluding hydrogens is 320 g/mol. The normalized spacial score (nSPS) is 10.8. The minimum absolute atomic E-state index is 0.322. The predicted octanol–water partition coefficient (Wildman–Crippen LogP) is 2.21. The number of hydrogen-bond donors (Lipinski definition) is 2. The molecule has 0 aliphatic heterocycles. The van der Waals surface area contributed by atoms with Crippen molar-refractivity contribution < 1.29 is 4.79 Å². The van der Waals surface area contributed by atoms with Gasteiger partial charge in [0.25, 0.3) is 0 Å². The Labute approximate surface area is 117 Å². The SMILES string of the molecule is NC(=O)NCCn1c(CCl)nc2cc(Br)ccc21. The van der Waals surface area contributed by atoms with Crippen LogP contribution in [0.25, 0.3) is 11.0 Å². The van der Waals surface area contributed by atoms with Crippen LogP contribution in [0.3, 0.4) is 0 Å². The number of nitrogens with one attached hydrogen (secondary N) is 1. The van der Waals surface area contributed by atoms with Gasteiger partial charge in [0, 0.05) is 17.6 Å². The molecule has 3 N–H and O–H groups in total. The second-order valence-electron chi connectivity index (χ2n) is 3.74. The number of nitrogens with zero attached hydrogens (tertiary/aromatic N) is 2. The van der Waals surface area contributed by atoms with Gasteiger partial charge in [-0.2, -0.15) is 0 Å². The molecule has 0 saturated carbocycles. The number of carbonyl (C=O) groups excluding carboxylic acids is 1. The Kier molecular flexibility index (Phi) is 4.08. The largest absolute Gasteiger partial charge is 0.352 e. The van der Waals surface area contributed by atoms with Crippen LogP contribution in [0.4, 0.5) is 4.79 Å². The molecule has 2 amide bonds. The lowest BCUT2D eigenvalue weighted by Crippen LogP contribution is -2.32. The third-order valence-corrected chi connectivity index (χ3v) is 3.28. The molecule has 0 saturated heterocycles. The number of carbonyl (C=O) groups is 1. The van der Waals surface area contributed by atoms with Crippen LogP contribution in [0.1, 0.15) is 5.82 Å². The number of aromatic nitrogens is 2. The number of nitrogens with two attached hydrogens (primary N) is 1. The Bertz CT molecular complexity index is 584. The third-order valence-electron chi connectivity index (χ3n) is 2.54. The average molecular weight is 332 g/mol. The molecule has 0 fully saturated rings. The predicted molar refractivity (Wildman–Crippen MR) is 74.6 cm³/mol. The second-order valence-corrected chi connectivity index (χ2v) is 4.92. The molecule has 2 aromatic rings. The molecule has 0 unspecified atom stereocenters. The maximum Gasteiger partial charge on any atom is 0.312 e. The lowest BCUT2D eigenvalue weighted by molar-refractivity contribution is 0.248. The number of primary amides is 1. The third kappa shape index (κ3) is 2.76. The average Bonchev–Trinajstić information content (AvgIpc) is 2.66. The van der Waals surface area contributed by atoms with E-state index in [1.807, 2.05) is 22.8 Å². The van der Waals surface area contributed by atoms with Crippen LogP contribution in [-0.4, -0.2) is 22.1 Å². The van der Waals surface area contributed by atoms with Crippen molar-refractivity contribution in [3.63, 3.8) is 0 Å². The summed E-state index contributed by atoms with van der Waals surface area (Å²) in [4.78, 5) is 15.1. The summed E-state index contributed by atoms with van der Waals surface area (Å²) in [7, 11) is 0. The van der Waals surface area contributed by atoms with Crippen LogP contribution < -0.4 is 11.1 Å². The van der Waals surface area contributed by atoms with E-state index in [-0.39, 0.29) is 0 Å². The summed E-state index contributed by atoms with van der Waals surface area (Å²) in [5.74, 6) is 1.10. The number of benzene rings is 1. The minimum atomic E-state index is -0.533. The first-order valence-electron chi connectivity index (χ1n) is 5.35. The van der Waals surface area contributed by atoms with E-state index < -0.39 is 6.03 Å². The van der Waals surface area contributed by atoms with Crippen LogP contribution in [0.2, 0.25) is 0 Å². The molecule has 5 nitrogen and oxygen atoms in total. The van der Waals surface area contributed by atoms with Crippen molar-refractivity contribution in [2.24, 2.45) is 5.73 Å². The number of fused-ring (bicyclic) bond motifs is 1. The summed E-state index contributed by atoms with van der Waals surface area (Å²) < 4.78 is 2.95. The van der Waals surface area contributed by atoms with E-state index in [2.05, 4.69) is 26.2 Å². The molecule has 7 heteroatoms. The van der Waals surface area contributed by atoms with Gasteiger partial charge in [0.15, 0.2) is 0 Å². The van der Waals surface area contributed by atoms with Gasteiger partial charge in [-0.1, -0.05) is 15.9 Å². The Morgan fingerprint density at radius 2 is 2.33 bits per heavy atom. The van der Waals surface area contributed by atoms with Gasteiger partial charge in [-0.25, -0.2) is 9.78 Å². The lowest BCUT2D eigenvalue weighted by Gasteiger charge is -2.07. The molecular formula is C11H12BrClN4O. The van der Waals surface area contributed by atoms with E-state index >= 15 is 0 Å². The standard InChI is InChI=1S/C11H12BrClN4O/c12-7-1-2-9-8(5-7)16-10(6-13)17(9)4-3-15-11(14)18/h1-2,5H,3-4,6H2,(H3,14,15,18). The fraction of sp³-hybridized carbons (Fsp3) is 0.273. The van der Waals surface area contributed by atoms with Gasteiger partial charge in [-0.15, -0.1) is 11.6 Å². The van der Waals surface area contributed by atoms with Crippen LogP contribution >= 0.6 is 27.5 Å². The molecule has 96 valence electrons. The van der Waals surface area contributed by atoms with Gasteiger partial charge in [0.05, 0.1) is 16.9 Å². The molecule has 0 aliphatic rings. The highest BCUT2D eigenvalue weighted by molar-refractivity contribution is 9.10. The van der Waals surface area contributed by atoms with Crippen molar-refractivity contribution in [3.8, 4) is 0 Å². The van der Waals surface area contributed by atoms with E-state index in [1.165, 1.54) is 0 Å². The summed E-state index contributed by atoms with van der Waals surface area (Å²) in [5.41, 5.74) is 6.89. The highest BCUT2D eigenvalue weighted by Gasteiger charge is 2.09. The van der Waals surface area contributed by atoms with Crippen molar-refractivity contribution in [1.29, 1.82) is 0 Å². The molecule has 0 bridgehead atoms. The highest BCUT2D eigenvalue weighted by atomic mass is 79.9. The Morgan fingerprint density at radius 1 is 1.56 bits per heavy atom. The zero-order valence-electron chi connectivity index (χ0n) is 9.49. The van der Waals surface area contributed by atoms with Gasteiger partial charge >= 0.3 is 6.03 Å². The first-order valence-corrected chi connectivity index (χ1v) is 6.68. The number of hydrogen-bond acceptors (Lipinski definition) is 2. The van der Waals surface area contributed by atoms with Crippen LogP contribution in [-0.2, 0) is 12.4 Å². The summed E-state index contributed by atoms with van der Waals surface area (Å²) in [6.45, 7) is 1.03. The van der Waals surface area contributed by atoms with E-state index in [4.69, 9.17) is 17.3 Å². The highest BCUT2D eigenvalue weighted by Crippen LogP contribution is 2.21. The first-order chi connectivity index (χ1) is 8.61. The van der Waals surface area contributed by atoms with E-state index in [1.54, 1.807) is 0 Å². The molecule has 0 radical (unpaired) electrons. The number of imidazole rings is 1. The summed E-state index contributed by atoms with van der Waals surface area (Å²) in [6.07, 6.45) is 0. The fourth-order valence-corrected chi connectivity index (χ4v) is 2.35. The molecule has 0 aliphatic carbocycles. The number of alkyl halides is 1. The number of halogens is 2. The van der Waals surface area contributed by atoms with Gasteiger partial charge in [0.2, 0.25) is 0 Å². The summed E-state index contributed by atoms with van der Waals surface area (Å²) >= 11 is 9.28. The molecule has 0 atom stereocenters. The summed E-state index contributed by atoms with van der Waals surface area (Å²) in [5, 5.41) is 2.55. The van der Waals surface area contributed by atoms with Gasteiger partial charge in [-0.05, 0) is 18.2 Å². The Balaban J connectivity index is 2.31. The monoisotopic (exact) mass is 330 g/mol. The lowest BCUT2D eigenvalue weighted by atomic mass is 10.3. The van der Waals surface area contributed by atoms with Crippen molar-refractivity contribution >= 4 is 44.6 Å². The van der Waals surface area contributed by atoms with Crippen LogP contribution in [0.5, 0.6) is 0 Å². The number of amides is 2. The van der Waals surface area contributed by atoms with Crippen LogP contribution in [0, 0.1) is 0 Å². The molecule has 2 rings (SSSR count). The number of urea groups is 1. The fourth-order valence-electron chi connectivity index (χ4n) is 1.80. The Hall–Kier alpha value is -1.27. The molecule has 18 heavy (non-hydrogen) atoms. The quantitative estimate of drug-likeness (QED) is 0.843. The van der Waals surface area contributed by atoms with E-state index in [0.29, 0.717) is 19.0 Å². The van der Waals surface area contributed by atoms with Crippen molar-refractivity contribution in [3.05, 3.63) is 28.5 Å². The van der Waals surface area contributed by atoms with Gasteiger partial charge in [-0.3, -0.25) is 0 Å². The minimum Gasteiger partial charge on any atom is -0.352 e. The summed E-state index contributed by atoms with van der Waals surface area (Å²) in [6, 6.07) is 5.31. The zero-order valence-corrected chi connectivity index (χ0v) is 11.8. The smallest absolute Gasteiger partial charge is 0.312 e. The maximum absolute atomic E-state index is 10.6. The van der Waals surface area contributed by atoms with Crippen molar-refractivity contribution in [1.82, 2.24) is 14.9 Å². The molecule has 0 spiro atoms. The van der Waals surface area contributed by atoms with E-state index in [0.717, 1.165) is 21.3 Å². The zero-order chi connectivity index (χ0) is 13.1. The molecule has 1 heterocycles. The first kappa shape index (κ1) is 13.2. The molecule has 1 aromatic heterocycles. The van der Waals surface area contributed by atoms with Crippen molar-refractivity contribution in [2.75, 3.05) is 6.54 Å². The number of rotatable bonds is 4. The van der Waals surface area contributed by atoms with Crippen LogP contribution in [0.15, 0.2) is 22.7 Å². The molecule has 1 aromatic carbocycles. The van der Waals surface area contributed by atoms with Gasteiger partial charge in [0.1, 0.15) is 5.82 Å². The maximum atomic E-state index is 10.6. The van der Waals surface area contributed by atoms with Gasteiger partial charge < -0.3 is 15.6 Å². The Morgan fingerprint density at radius 3 is 3.00 bits per heavy atom. The second kappa shape index (κ2) is 5.58. The van der Waals surface area contributed by atoms with E-state index in [9.17, 15) is 4.79 Å². The topological polar surface area (TPSA) is 72.9 Å². The van der Waals surface area contributed by atoms with Crippen molar-refractivity contribution in [2.45, 2.75) is 12.4 Å².